The molecule has 0 rings (SSSR count). The van der Waals surface area contributed by atoms with Gasteiger partial charge in [0.1, 0.15) is 6.61 Å². The third-order valence-corrected chi connectivity index (χ3v) is 11.3. The van der Waals surface area contributed by atoms with E-state index in [9.17, 15) is 19.5 Å². The maximum Gasteiger partial charge on any atom is 0.362 e. The first-order valence-electron chi connectivity index (χ1n) is 24.1. The molecule has 0 aliphatic rings. The standard InChI is InChI=1S/C48H93NO7/c1-6-8-10-12-14-16-18-20-22-23-24-25-27-28-30-32-34-36-38-46(50)55-43-44(42-54-41-40-45(48(52)53)49(3,4)5)56-47(51)39-37-35-33-31-29-26-21-19-17-15-13-11-9-7-2/h44-45H,6-43H2,1-5H3/p+1. The summed E-state index contributed by atoms with van der Waals surface area (Å²) in [5.74, 6) is -1.44. The molecule has 0 saturated heterocycles. The van der Waals surface area contributed by atoms with Crippen molar-refractivity contribution in [3.8, 4) is 0 Å². The summed E-state index contributed by atoms with van der Waals surface area (Å²) in [6, 6.07) is -0.608. The third-order valence-electron chi connectivity index (χ3n) is 11.3. The van der Waals surface area contributed by atoms with Crippen molar-refractivity contribution in [1.82, 2.24) is 0 Å². The molecule has 0 bridgehead atoms. The van der Waals surface area contributed by atoms with E-state index in [-0.39, 0.29) is 36.2 Å². The lowest BCUT2D eigenvalue weighted by Gasteiger charge is -2.31. The van der Waals surface area contributed by atoms with Gasteiger partial charge in [-0.3, -0.25) is 9.59 Å². The monoisotopic (exact) mass is 797 g/mol. The second-order valence-electron chi connectivity index (χ2n) is 17.7. The van der Waals surface area contributed by atoms with Crippen LogP contribution in [-0.4, -0.2) is 80.6 Å². The first-order chi connectivity index (χ1) is 27.1. The van der Waals surface area contributed by atoms with E-state index in [0.29, 0.717) is 19.3 Å². The number of ether oxygens (including phenoxy) is 3. The number of hydrogen-bond acceptors (Lipinski definition) is 6. The highest BCUT2D eigenvalue weighted by atomic mass is 16.6. The van der Waals surface area contributed by atoms with Gasteiger partial charge in [-0.15, -0.1) is 0 Å². The van der Waals surface area contributed by atoms with E-state index < -0.39 is 18.1 Å². The van der Waals surface area contributed by atoms with Crippen molar-refractivity contribution in [2.24, 2.45) is 0 Å². The van der Waals surface area contributed by atoms with E-state index in [1.165, 1.54) is 167 Å². The fourth-order valence-electron chi connectivity index (χ4n) is 7.51. The molecule has 0 spiro atoms. The van der Waals surface area contributed by atoms with Gasteiger partial charge < -0.3 is 23.8 Å². The predicted octanol–water partition coefficient (Wildman–Crippen LogP) is 13.3. The smallest absolute Gasteiger partial charge is 0.362 e. The number of unbranched alkanes of at least 4 members (excludes halogenated alkanes) is 30. The van der Waals surface area contributed by atoms with Crippen LogP contribution in [0.3, 0.4) is 0 Å². The largest absolute Gasteiger partial charge is 0.477 e. The summed E-state index contributed by atoms with van der Waals surface area (Å²) >= 11 is 0. The van der Waals surface area contributed by atoms with Crippen LogP contribution in [0.15, 0.2) is 0 Å². The van der Waals surface area contributed by atoms with Gasteiger partial charge in [-0.2, -0.15) is 0 Å². The molecule has 0 amide bonds. The van der Waals surface area contributed by atoms with Gasteiger partial charge in [-0.25, -0.2) is 4.79 Å². The number of esters is 2. The normalized spacial score (nSPS) is 12.8. The molecule has 0 aliphatic heterocycles. The van der Waals surface area contributed by atoms with Crippen LogP contribution >= 0.6 is 0 Å². The van der Waals surface area contributed by atoms with Gasteiger partial charge in [0, 0.05) is 19.3 Å². The van der Waals surface area contributed by atoms with Crippen molar-refractivity contribution >= 4 is 17.9 Å². The fourth-order valence-corrected chi connectivity index (χ4v) is 7.51. The molecule has 0 fully saturated rings. The molecule has 56 heavy (non-hydrogen) atoms. The SMILES string of the molecule is CCCCCCCCCCCCCCCCCCCCC(=O)OCC(COCCC(C(=O)O)[N+](C)(C)C)OC(=O)CCCCCCCCCCCCCCCC. The van der Waals surface area contributed by atoms with E-state index in [1.807, 2.05) is 21.1 Å². The zero-order chi connectivity index (χ0) is 41.4. The van der Waals surface area contributed by atoms with Crippen LogP contribution in [-0.2, 0) is 28.6 Å². The average Bonchev–Trinajstić information content (AvgIpc) is 3.15. The molecule has 1 N–H and O–H groups in total. The van der Waals surface area contributed by atoms with Crippen molar-refractivity contribution in [3.05, 3.63) is 0 Å². The zero-order valence-electron chi connectivity index (χ0n) is 37.9. The van der Waals surface area contributed by atoms with Crippen molar-refractivity contribution in [3.63, 3.8) is 0 Å². The molecule has 0 aliphatic carbocycles. The summed E-state index contributed by atoms with van der Waals surface area (Å²) in [5, 5.41) is 9.63. The Bertz CT molecular complexity index is 889. The number of rotatable bonds is 44. The van der Waals surface area contributed by atoms with Crippen LogP contribution in [0.1, 0.15) is 239 Å². The van der Waals surface area contributed by atoms with Crippen LogP contribution in [0.5, 0.6) is 0 Å². The van der Waals surface area contributed by atoms with Gasteiger partial charge in [-0.05, 0) is 12.8 Å². The Labute approximate surface area is 346 Å². The lowest BCUT2D eigenvalue weighted by Crippen LogP contribution is -2.50. The Kier molecular flexibility index (Phi) is 38.9. The Morgan fingerprint density at radius 1 is 0.464 bits per heavy atom. The quantitative estimate of drug-likeness (QED) is 0.0372. The molecule has 0 aromatic rings. The summed E-state index contributed by atoms with van der Waals surface area (Å²) in [6.45, 7) is 4.78. The second kappa shape index (κ2) is 40.1. The Balaban J connectivity index is 4.22. The lowest BCUT2D eigenvalue weighted by atomic mass is 10.0. The number of carbonyl (C=O) groups excluding carboxylic acids is 2. The molecule has 0 saturated carbocycles. The molecule has 0 heterocycles. The molecule has 8 nitrogen and oxygen atoms in total. The minimum Gasteiger partial charge on any atom is -0.477 e. The highest BCUT2D eigenvalue weighted by molar-refractivity contribution is 5.72. The number of quaternary nitrogens is 1. The Morgan fingerprint density at radius 3 is 1.11 bits per heavy atom. The summed E-state index contributed by atoms with van der Waals surface area (Å²) in [4.78, 5) is 37.0. The van der Waals surface area contributed by atoms with Crippen LogP contribution in [0.25, 0.3) is 0 Å². The van der Waals surface area contributed by atoms with Crippen molar-refractivity contribution < 1.29 is 38.2 Å². The number of likely N-dealkylation sites (N-methyl/N-ethyl adjacent to an activating group) is 1. The number of aliphatic carboxylic acids is 1. The van der Waals surface area contributed by atoms with Gasteiger partial charge in [0.05, 0.1) is 34.4 Å². The Morgan fingerprint density at radius 2 is 0.786 bits per heavy atom. The highest BCUT2D eigenvalue weighted by Gasteiger charge is 2.31. The topological polar surface area (TPSA) is 99.1 Å². The van der Waals surface area contributed by atoms with Gasteiger partial charge in [0.15, 0.2) is 12.1 Å². The van der Waals surface area contributed by atoms with E-state index in [1.54, 1.807) is 0 Å². The molecule has 2 unspecified atom stereocenters. The van der Waals surface area contributed by atoms with Gasteiger partial charge in [0.25, 0.3) is 0 Å². The molecule has 332 valence electrons. The second-order valence-corrected chi connectivity index (χ2v) is 17.7. The summed E-state index contributed by atoms with van der Waals surface area (Å²) in [5.41, 5.74) is 0. The molecular formula is C48H94NO7+. The summed E-state index contributed by atoms with van der Waals surface area (Å²) in [6.07, 6.45) is 41.4. The number of carbonyl (C=O) groups is 3. The van der Waals surface area contributed by atoms with Crippen molar-refractivity contribution in [2.45, 2.75) is 251 Å². The van der Waals surface area contributed by atoms with Crippen LogP contribution in [0.2, 0.25) is 0 Å². The molecule has 8 heteroatoms. The van der Waals surface area contributed by atoms with Gasteiger partial charge >= 0.3 is 17.9 Å². The maximum absolute atomic E-state index is 12.7. The molecule has 2 atom stereocenters. The van der Waals surface area contributed by atoms with E-state index in [4.69, 9.17) is 14.2 Å². The van der Waals surface area contributed by atoms with Crippen LogP contribution in [0.4, 0.5) is 0 Å². The first-order valence-corrected chi connectivity index (χ1v) is 24.1. The average molecular weight is 797 g/mol. The minimum absolute atomic E-state index is 0.0416. The number of nitrogens with zero attached hydrogens (tertiary/aromatic N) is 1. The van der Waals surface area contributed by atoms with Crippen molar-refractivity contribution in [2.75, 3.05) is 41.0 Å². The lowest BCUT2D eigenvalue weighted by molar-refractivity contribution is -0.887. The molecular weight excluding hydrogens is 703 g/mol. The van der Waals surface area contributed by atoms with Crippen LogP contribution < -0.4 is 0 Å². The van der Waals surface area contributed by atoms with E-state index in [0.717, 1.165) is 38.5 Å². The zero-order valence-corrected chi connectivity index (χ0v) is 37.9. The molecule has 0 aromatic carbocycles. The van der Waals surface area contributed by atoms with Crippen LogP contribution in [0, 0.1) is 0 Å². The molecule has 0 aromatic heterocycles. The predicted molar refractivity (Wildman–Crippen MR) is 234 cm³/mol. The minimum atomic E-state index is -0.870. The number of carboxylic acid groups (broad SMARTS) is 1. The Hall–Kier alpha value is -1.67. The van der Waals surface area contributed by atoms with Gasteiger partial charge in [0.2, 0.25) is 0 Å². The number of carboxylic acids is 1. The fraction of sp³-hybridized carbons (Fsp3) is 0.938. The van der Waals surface area contributed by atoms with E-state index >= 15 is 0 Å². The number of hydrogen-bond donors (Lipinski definition) is 1. The summed E-state index contributed by atoms with van der Waals surface area (Å²) < 4.78 is 17.3. The highest BCUT2D eigenvalue weighted by Crippen LogP contribution is 2.17. The maximum atomic E-state index is 12.7. The molecule has 0 radical (unpaired) electrons. The summed E-state index contributed by atoms with van der Waals surface area (Å²) in [7, 11) is 5.54. The first kappa shape index (κ1) is 54.3. The third kappa shape index (κ3) is 37.9. The van der Waals surface area contributed by atoms with Crippen molar-refractivity contribution in [1.29, 1.82) is 0 Å². The van der Waals surface area contributed by atoms with Gasteiger partial charge in [-0.1, -0.05) is 206 Å². The van der Waals surface area contributed by atoms with E-state index in [2.05, 4.69) is 13.8 Å².